The van der Waals surface area contributed by atoms with E-state index >= 15 is 0 Å². The van der Waals surface area contributed by atoms with Crippen LogP contribution in [-0.4, -0.2) is 14.5 Å². The Morgan fingerprint density at radius 1 is 0.535 bits per heavy atom. The van der Waals surface area contributed by atoms with Crippen molar-refractivity contribution in [3.05, 3.63) is 127 Å². The van der Waals surface area contributed by atoms with Crippen LogP contribution in [-0.2, 0) is 0 Å². The molecule has 0 amide bonds. The van der Waals surface area contributed by atoms with Crippen LogP contribution in [0.2, 0.25) is 0 Å². The van der Waals surface area contributed by atoms with Gasteiger partial charge in [-0.15, -0.1) is 11.3 Å². The molecule has 10 rings (SSSR count). The Labute approximate surface area is 249 Å². The number of hydrogen-bond acceptors (Lipinski definition) is 4. The molecule has 0 saturated carbocycles. The molecule has 0 atom stereocenters. The minimum absolute atomic E-state index is 0.827. The molecule has 4 heterocycles. The second-order valence-electron chi connectivity index (χ2n) is 11.0. The van der Waals surface area contributed by atoms with E-state index in [0.29, 0.717) is 0 Å². The van der Waals surface area contributed by atoms with Crippen molar-refractivity contribution >= 4 is 86.3 Å². The molecule has 0 bridgehead atoms. The van der Waals surface area contributed by atoms with E-state index in [9.17, 15) is 0 Å². The molecule has 0 spiro atoms. The van der Waals surface area contributed by atoms with Crippen molar-refractivity contribution in [3.8, 4) is 17.1 Å². The van der Waals surface area contributed by atoms with Crippen LogP contribution in [0.1, 0.15) is 0 Å². The molecule has 0 radical (unpaired) electrons. The van der Waals surface area contributed by atoms with Gasteiger partial charge < -0.3 is 4.42 Å². The quantitative estimate of drug-likeness (QED) is 0.209. The molecular formula is C38H21N3OS. The lowest BCUT2D eigenvalue weighted by Crippen LogP contribution is -2.03. The van der Waals surface area contributed by atoms with Crippen molar-refractivity contribution in [2.45, 2.75) is 0 Å². The van der Waals surface area contributed by atoms with E-state index in [1.165, 1.54) is 26.2 Å². The first-order valence-corrected chi connectivity index (χ1v) is 15.2. The third-order valence-electron chi connectivity index (χ3n) is 8.60. The number of hydrogen-bond donors (Lipinski definition) is 0. The number of rotatable bonds is 2. The van der Waals surface area contributed by atoms with Gasteiger partial charge in [0.05, 0.1) is 11.0 Å². The zero-order valence-corrected chi connectivity index (χ0v) is 23.6. The predicted molar refractivity (Wildman–Crippen MR) is 179 cm³/mol. The van der Waals surface area contributed by atoms with E-state index in [-0.39, 0.29) is 0 Å². The number of nitrogens with zero attached hydrogens (tertiary/aromatic N) is 3. The Bertz CT molecular complexity index is 2750. The Hall–Kier alpha value is -5.52. The van der Waals surface area contributed by atoms with E-state index < -0.39 is 0 Å². The topological polar surface area (TPSA) is 43.9 Å². The lowest BCUT2D eigenvalue weighted by atomic mass is 10.1. The first-order valence-electron chi connectivity index (χ1n) is 14.3. The van der Waals surface area contributed by atoms with Crippen molar-refractivity contribution in [2.75, 3.05) is 0 Å². The molecule has 6 aromatic carbocycles. The number of fused-ring (bicyclic) bond motifs is 10. The Morgan fingerprint density at radius 2 is 1.26 bits per heavy atom. The summed E-state index contributed by atoms with van der Waals surface area (Å²) in [6, 6.07) is 44.8. The molecule has 0 aliphatic carbocycles. The van der Waals surface area contributed by atoms with Crippen LogP contribution in [0.5, 0.6) is 0 Å². The van der Waals surface area contributed by atoms with Gasteiger partial charge in [0.15, 0.2) is 5.82 Å². The van der Waals surface area contributed by atoms with Gasteiger partial charge in [-0.05, 0) is 59.3 Å². The van der Waals surface area contributed by atoms with Gasteiger partial charge >= 0.3 is 0 Å². The summed E-state index contributed by atoms with van der Waals surface area (Å²) in [5, 5.41) is 8.12. The summed E-state index contributed by atoms with van der Waals surface area (Å²) in [5.41, 5.74) is 6.76. The monoisotopic (exact) mass is 567 g/mol. The highest BCUT2D eigenvalue weighted by Gasteiger charge is 2.22. The predicted octanol–water partition coefficient (Wildman–Crippen LogP) is 10.7. The van der Waals surface area contributed by atoms with Gasteiger partial charge in [-0.2, -0.15) is 0 Å². The second-order valence-corrected chi connectivity index (χ2v) is 12.1. The van der Waals surface area contributed by atoms with E-state index in [2.05, 4.69) is 120 Å². The minimum Gasteiger partial charge on any atom is -0.456 e. The van der Waals surface area contributed by atoms with Crippen LogP contribution in [0.3, 0.4) is 0 Å². The molecule has 43 heavy (non-hydrogen) atoms. The zero-order chi connectivity index (χ0) is 28.1. The Morgan fingerprint density at radius 3 is 2.16 bits per heavy atom. The first kappa shape index (κ1) is 23.1. The maximum Gasteiger partial charge on any atom is 0.166 e. The highest BCUT2D eigenvalue weighted by Crippen LogP contribution is 2.41. The number of para-hydroxylation sites is 2. The van der Waals surface area contributed by atoms with Crippen molar-refractivity contribution in [2.24, 2.45) is 0 Å². The maximum absolute atomic E-state index is 6.18. The third kappa shape index (κ3) is 3.25. The van der Waals surface area contributed by atoms with E-state index in [1.807, 2.05) is 12.1 Å². The molecule has 0 aliphatic heterocycles. The molecule has 0 aliphatic rings. The highest BCUT2D eigenvalue weighted by molar-refractivity contribution is 7.25. The van der Waals surface area contributed by atoms with E-state index in [4.69, 9.17) is 14.4 Å². The van der Waals surface area contributed by atoms with Gasteiger partial charge in [0.2, 0.25) is 0 Å². The fourth-order valence-electron chi connectivity index (χ4n) is 6.62. The molecule has 0 fully saturated rings. The van der Waals surface area contributed by atoms with Gasteiger partial charge in [0.25, 0.3) is 0 Å². The number of benzene rings is 6. The smallest absolute Gasteiger partial charge is 0.166 e. The molecule has 200 valence electrons. The average Bonchev–Trinajstić information content (AvgIpc) is 3.71. The minimum atomic E-state index is 0.827. The molecule has 4 aromatic heterocycles. The van der Waals surface area contributed by atoms with Gasteiger partial charge in [-0.1, -0.05) is 78.9 Å². The van der Waals surface area contributed by atoms with Crippen molar-refractivity contribution in [1.82, 2.24) is 14.5 Å². The van der Waals surface area contributed by atoms with Crippen LogP contribution in [0.4, 0.5) is 0 Å². The molecule has 0 saturated heterocycles. The van der Waals surface area contributed by atoms with Crippen LogP contribution in [0, 0.1) is 0 Å². The number of aromatic nitrogens is 3. The summed E-state index contributed by atoms with van der Waals surface area (Å²) in [6.45, 7) is 0. The van der Waals surface area contributed by atoms with Gasteiger partial charge in [0.1, 0.15) is 27.2 Å². The fourth-order valence-corrected chi connectivity index (χ4v) is 7.63. The molecule has 0 N–H and O–H groups in total. The summed E-state index contributed by atoms with van der Waals surface area (Å²) in [7, 11) is 0. The highest BCUT2D eigenvalue weighted by atomic mass is 32.1. The van der Waals surface area contributed by atoms with Crippen molar-refractivity contribution < 1.29 is 4.42 Å². The van der Waals surface area contributed by atoms with Crippen molar-refractivity contribution in [1.29, 1.82) is 0 Å². The second kappa shape index (κ2) is 8.51. The number of furan rings is 1. The SMILES string of the molecule is c1ccc2cc3c(cc2c1)c1ccccc1n3-c1nc2sc3ccccc3c2nc1-c1ccc2oc3ccccc3c2c1. The summed E-state index contributed by atoms with van der Waals surface area (Å²) in [6.07, 6.45) is 0. The fraction of sp³-hybridized carbons (Fsp3) is 0. The maximum atomic E-state index is 6.18. The summed E-state index contributed by atoms with van der Waals surface area (Å²) >= 11 is 1.69. The standard InChI is InChI=1S/C38H21N3OS/c1-2-10-23-21-31-28(19-22(23)9-1)25-11-3-6-14-30(25)41(31)37-35(39-36-27-13-5-8-16-34(27)43-38(36)40-37)24-17-18-33-29(20-24)26-12-4-7-15-32(26)42-33/h1-21H. The van der Waals surface area contributed by atoms with Gasteiger partial charge in [0, 0.05) is 37.2 Å². The summed E-state index contributed by atoms with van der Waals surface area (Å²) in [5.74, 6) is 0.827. The zero-order valence-electron chi connectivity index (χ0n) is 22.8. The number of thiophene rings is 1. The van der Waals surface area contributed by atoms with Crippen LogP contribution in [0.25, 0.3) is 92.0 Å². The van der Waals surface area contributed by atoms with Crippen LogP contribution in [0.15, 0.2) is 132 Å². The normalized spacial score (nSPS) is 12.2. The van der Waals surface area contributed by atoms with Gasteiger partial charge in [-0.25, -0.2) is 9.97 Å². The summed E-state index contributed by atoms with van der Waals surface area (Å²) < 4.78 is 9.67. The first-order chi connectivity index (χ1) is 21.3. The molecule has 4 nitrogen and oxygen atoms in total. The Kier molecular flexibility index (Phi) is 4.57. The van der Waals surface area contributed by atoms with Gasteiger partial charge in [-0.3, -0.25) is 4.57 Å². The largest absolute Gasteiger partial charge is 0.456 e. The van der Waals surface area contributed by atoms with Crippen LogP contribution >= 0.6 is 11.3 Å². The van der Waals surface area contributed by atoms with E-state index in [0.717, 1.165) is 65.8 Å². The third-order valence-corrected chi connectivity index (χ3v) is 9.65. The Balaban J connectivity index is 1.37. The molecular weight excluding hydrogens is 547 g/mol. The van der Waals surface area contributed by atoms with E-state index in [1.54, 1.807) is 11.3 Å². The molecule has 0 unspecified atom stereocenters. The van der Waals surface area contributed by atoms with Crippen molar-refractivity contribution in [3.63, 3.8) is 0 Å². The molecule has 5 heteroatoms. The molecule has 10 aromatic rings. The average molecular weight is 568 g/mol. The lowest BCUT2D eigenvalue weighted by Gasteiger charge is -2.13. The lowest BCUT2D eigenvalue weighted by molar-refractivity contribution is 0.669. The van der Waals surface area contributed by atoms with Crippen LogP contribution < -0.4 is 0 Å². The summed E-state index contributed by atoms with van der Waals surface area (Å²) in [4.78, 5) is 11.8.